The lowest BCUT2D eigenvalue weighted by Gasteiger charge is -2.17. The first-order valence-corrected chi connectivity index (χ1v) is 8.16. The molecule has 4 nitrogen and oxygen atoms in total. The van der Waals surface area contributed by atoms with Crippen molar-refractivity contribution in [3.8, 4) is 28.5 Å². The average molecular weight is 346 g/mol. The third-order valence-corrected chi connectivity index (χ3v) is 4.37. The van der Waals surface area contributed by atoms with E-state index in [1.807, 2.05) is 50.2 Å². The Morgan fingerprint density at radius 2 is 1.58 bits per heavy atom. The number of benzene rings is 2. The van der Waals surface area contributed by atoms with Gasteiger partial charge in [-0.3, -0.25) is 0 Å². The molecule has 0 aliphatic rings. The summed E-state index contributed by atoms with van der Waals surface area (Å²) in [4.78, 5) is 6.41. The van der Waals surface area contributed by atoms with E-state index in [0.717, 1.165) is 27.9 Å². The fourth-order valence-electron chi connectivity index (χ4n) is 2.98. The molecule has 0 atom stereocenters. The van der Waals surface area contributed by atoms with Crippen LogP contribution in [0.15, 0.2) is 48.5 Å². The van der Waals surface area contributed by atoms with Crippen molar-refractivity contribution >= 4 is 11.5 Å². The van der Waals surface area contributed by atoms with Crippen molar-refractivity contribution in [1.29, 1.82) is 5.26 Å². The largest absolute Gasteiger partial charge is 0.383 e. The van der Waals surface area contributed by atoms with Crippen molar-refractivity contribution < 1.29 is 4.39 Å². The summed E-state index contributed by atoms with van der Waals surface area (Å²) in [5, 5.41) is 9.60. The summed E-state index contributed by atoms with van der Waals surface area (Å²) in [5.41, 5.74) is 11.4. The molecule has 2 N–H and O–H groups in total. The van der Waals surface area contributed by atoms with E-state index in [4.69, 9.17) is 5.73 Å². The number of nitrogens with two attached hydrogens (primary N) is 1. The summed E-state index contributed by atoms with van der Waals surface area (Å²) < 4.78 is 13.3. The molecule has 0 saturated carbocycles. The first-order valence-electron chi connectivity index (χ1n) is 8.16. The van der Waals surface area contributed by atoms with E-state index < -0.39 is 0 Å². The SMILES string of the molecule is Cc1c(-c2ccc(F)cc2)nc(N)c(C#N)c1-c1ccc(N(C)C)cc1. The molecule has 26 heavy (non-hydrogen) atoms. The molecule has 0 unspecified atom stereocenters. The molecular formula is C21H19FN4. The Bertz CT molecular complexity index is 985. The second kappa shape index (κ2) is 6.85. The molecule has 5 heteroatoms. The molecule has 130 valence electrons. The predicted octanol–water partition coefficient (Wildman–Crippen LogP) is 4.38. The maximum absolute atomic E-state index is 13.3. The zero-order chi connectivity index (χ0) is 18.8. The van der Waals surface area contributed by atoms with Crippen LogP contribution in [0.3, 0.4) is 0 Å². The summed E-state index contributed by atoms with van der Waals surface area (Å²) in [7, 11) is 3.94. The topological polar surface area (TPSA) is 65.9 Å². The summed E-state index contributed by atoms with van der Waals surface area (Å²) in [5.74, 6) is -0.142. The molecule has 0 fully saturated rings. The second-order valence-corrected chi connectivity index (χ2v) is 6.28. The number of aromatic nitrogens is 1. The Morgan fingerprint density at radius 3 is 2.12 bits per heavy atom. The van der Waals surface area contributed by atoms with Crippen LogP contribution in [-0.2, 0) is 0 Å². The van der Waals surface area contributed by atoms with Crippen LogP contribution >= 0.6 is 0 Å². The third kappa shape index (κ3) is 3.09. The van der Waals surface area contributed by atoms with E-state index in [2.05, 4.69) is 11.1 Å². The van der Waals surface area contributed by atoms with Gasteiger partial charge in [-0.25, -0.2) is 9.37 Å². The summed E-state index contributed by atoms with van der Waals surface area (Å²) in [6.07, 6.45) is 0. The van der Waals surface area contributed by atoms with Gasteiger partial charge in [0.1, 0.15) is 23.3 Å². The Kier molecular flexibility index (Phi) is 4.59. The molecule has 3 aromatic rings. The number of halogens is 1. The molecular weight excluding hydrogens is 327 g/mol. The monoisotopic (exact) mass is 346 g/mol. The quantitative estimate of drug-likeness (QED) is 0.764. The van der Waals surface area contributed by atoms with Crippen LogP contribution in [0.2, 0.25) is 0 Å². The van der Waals surface area contributed by atoms with Gasteiger partial charge in [0.2, 0.25) is 0 Å². The number of hydrogen-bond acceptors (Lipinski definition) is 4. The van der Waals surface area contributed by atoms with Crippen LogP contribution in [0.1, 0.15) is 11.1 Å². The Labute approximate surface area is 152 Å². The normalized spacial score (nSPS) is 10.4. The van der Waals surface area contributed by atoms with E-state index in [1.165, 1.54) is 12.1 Å². The van der Waals surface area contributed by atoms with Crippen molar-refractivity contribution in [2.75, 3.05) is 24.7 Å². The molecule has 0 saturated heterocycles. The fraction of sp³-hybridized carbons (Fsp3) is 0.143. The van der Waals surface area contributed by atoms with Crippen LogP contribution in [-0.4, -0.2) is 19.1 Å². The molecule has 0 aliphatic carbocycles. The van der Waals surface area contributed by atoms with E-state index in [9.17, 15) is 9.65 Å². The summed E-state index contributed by atoms with van der Waals surface area (Å²) in [6, 6.07) is 16.2. The van der Waals surface area contributed by atoms with Crippen molar-refractivity contribution in [3.63, 3.8) is 0 Å². The minimum atomic E-state index is -0.312. The number of pyridine rings is 1. The lowest BCUT2D eigenvalue weighted by atomic mass is 9.92. The number of nitriles is 1. The predicted molar refractivity (Wildman–Crippen MR) is 103 cm³/mol. The van der Waals surface area contributed by atoms with Gasteiger partial charge in [-0.05, 0) is 54.4 Å². The fourth-order valence-corrected chi connectivity index (χ4v) is 2.98. The van der Waals surface area contributed by atoms with Gasteiger partial charge in [0, 0.05) is 30.9 Å². The number of anilines is 2. The lowest BCUT2D eigenvalue weighted by Crippen LogP contribution is -2.08. The molecule has 0 amide bonds. The molecule has 0 radical (unpaired) electrons. The Balaban J connectivity index is 2.23. The zero-order valence-electron chi connectivity index (χ0n) is 14.9. The van der Waals surface area contributed by atoms with Crippen LogP contribution in [0.25, 0.3) is 22.4 Å². The first-order chi connectivity index (χ1) is 12.4. The van der Waals surface area contributed by atoms with Crippen molar-refractivity contribution in [1.82, 2.24) is 4.98 Å². The number of nitrogen functional groups attached to an aromatic ring is 1. The van der Waals surface area contributed by atoms with Crippen LogP contribution in [0.5, 0.6) is 0 Å². The van der Waals surface area contributed by atoms with Gasteiger partial charge in [-0.15, -0.1) is 0 Å². The highest BCUT2D eigenvalue weighted by atomic mass is 19.1. The van der Waals surface area contributed by atoms with Crippen LogP contribution in [0.4, 0.5) is 15.9 Å². The van der Waals surface area contributed by atoms with E-state index in [1.54, 1.807) is 12.1 Å². The van der Waals surface area contributed by atoms with E-state index in [0.29, 0.717) is 11.3 Å². The van der Waals surface area contributed by atoms with Gasteiger partial charge in [-0.2, -0.15) is 5.26 Å². The van der Waals surface area contributed by atoms with Gasteiger partial charge in [0.25, 0.3) is 0 Å². The maximum atomic E-state index is 13.3. The van der Waals surface area contributed by atoms with Gasteiger partial charge in [0.15, 0.2) is 0 Å². The van der Waals surface area contributed by atoms with E-state index in [-0.39, 0.29) is 11.6 Å². The highest BCUT2D eigenvalue weighted by Crippen LogP contribution is 2.36. The first kappa shape index (κ1) is 17.4. The van der Waals surface area contributed by atoms with Crippen molar-refractivity contribution in [2.24, 2.45) is 0 Å². The number of rotatable bonds is 3. The van der Waals surface area contributed by atoms with Crippen LogP contribution in [0, 0.1) is 24.1 Å². The van der Waals surface area contributed by atoms with Crippen LogP contribution < -0.4 is 10.6 Å². The Morgan fingerprint density at radius 1 is 1.00 bits per heavy atom. The molecule has 3 rings (SSSR count). The molecule has 1 aromatic heterocycles. The minimum absolute atomic E-state index is 0.170. The second-order valence-electron chi connectivity index (χ2n) is 6.28. The highest BCUT2D eigenvalue weighted by molar-refractivity contribution is 5.84. The average Bonchev–Trinajstić information content (AvgIpc) is 2.64. The molecule has 0 spiro atoms. The third-order valence-electron chi connectivity index (χ3n) is 4.37. The zero-order valence-corrected chi connectivity index (χ0v) is 14.9. The van der Waals surface area contributed by atoms with Gasteiger partial charge < -0.3 is 10.6 Å². The van der Waals surface area contributed by atoms with Gasteiger partial charge in [0.05, 0.1) is 5.69 Å². The van der Waals surface area contributed by atoms with Gasteiger partial charge >= 0.3 is 0 Å². The smallest absolute Gasteiger partial charge is 0.142 e. The summed E-state index contributed by atoms with van der Waals surface area (Å²) >= 11 is 0. The lowest BCUT2D eigenvalue weighted by molar-refractivity contribution is 0.628. The maximum Gasteiger partial charge on any atom is 0.142 e. The van der Waals surface area contributed by atoms with Gasteiger partial charge in [-0.1, -0.05) is 12.1 Å². The molecule has 2 aromatic carbocycles. The molecule has 0 bridgehead atoms. The Hall–Kier alpha value is -3.39. The minimum Gasteiger partial charge on any atom is -0.383 e. The van der Waals surface area contributed by atoms with E-state index >= 15 is 0 Å². The number of nitrogens with zero attached hydrogens (tertiary/aromatic N) is 3. The van der Waals surface area contributed by atoms with Crippen molar-refractivity contribution in [2.45, 2.75) is 6.92 Å². The molecule has 1 heterocycles. The number of hydrogen-bond donors (Lipinski definition) is 1. The van der Waals surface area contributed by atoms with Crippen molar-refractivity contribution in [3.05, 3.63) is 65.5 Å². The highest BCUT2D eigenvalue weighted by Gasteiger charge is 2.18. The summed E-state index contributed by atoms with van der Waals surface area (Å²) in [6.45, 7) is 1.90. The molecule has 0 aliphatic heterocycles. The standard InChI is InChI=1S/C21H19FN4/c1-13-19(14-6-10-17(11-7-14)26(2)3)18(12-23)21(24)25-20(13)15-4-8-16(22)9-5-15/h4-11H,1-3H3,(H2,24,25).